The summed E-state index contributed by atoms with van der Waals surface area (Å²) in [7, 11) is 3.97. The van der Waals surface area contributed by atoms with E-state index in [0.717, 1.165) is 24.0 Å². The molecule has 0 aliphatic carbocycles. The normalized spacial score (nSPS) is 19.7. The zero-order valence-corrected chi connectivity index (χ0v) is 13.5. The first kappa shape index (κ1) is 14.8. The van der Waals surface area contributed by atoms with E-state index in [1.165, 1.54) is 6.42 Å². The summed E-state index contributed by atoms with van der Waals surface area (Å²) in [5.41, 5.74) is 0.621. The summed E-state index contributed by atoms with van der Waals surface area (Å²) in [6, 6.07) is 5.76. The maximum Gasteiger partial charge on any atom is 0.254 e. The lowest BCUT2D eigenvalue weighted by atomic mass is 10.1. The van der Waals surface area contributed by atoms with Crippen LogP contribution in [0.3, 0.4) is 0 Å². The number of nitrogens with zero attached hydrogens (tertiary/aromatic N) is 2. The van der Waals surface area contributed by atoms with E-state index in [0.29, 0.717) is 16.6 Å². The molecule has 1 aliphatic rings. The van der Waals surface area contributed by atoms with Crippen LogP contribution in [0.5, 0.6) is 0 Å². The molecule has 0 aromatic heterocycles. The Morgan fingerprint density at radius 3 is 2.95 bits per heavy atom. The maximum atomic E-state index is 12.4. The van der Waals surface area contributed by atoms with Gasteiger partial charge in [0.25, 0.3) is 5.91 Å². The Hall–Kier alpha value is -0.580. The van der Waals surface area contributed by atoms with Crippen molar-refractivity contribution in [2.24, 2.45) is 0 Å². The van der Waals surface area contributed by atoms with E-state index < -0.39 is 0 Å². The highest BCUT2D eigenvalue weighted by atomic mass is 79.9. The van der Waals surface area contributed by atoms with E-state index in [-0.39, 0.29) is 5.91 Å². The van der Waals surface area contributed by atoms with Crippen molar-refractivity contribution >= 4 is 33.4 Å². The fraction of sp³-hybridized carbons (Fsp3) is 0.500. The summed E-state index contributed by atoms with van der Waals surface area (Å²) in [6.07, 6.45) is 2.37. The van der Waals surface area contributed by atoms with Gasteiger partial charge in [-0.25, -0.2) is 0 Å². The molecule has 1 aliphatic heterocycles. The van der Waals surface area contributed by atoms with Gasteiger partial charge in [0, 0.05) is 29.1 Å². The van der Waals surface area contributed by atoms with E-state index in [2.05, 4.69) is 27.9 Å². The van der Waals surface area contributed by atoms with E-state index >= 15 is 0 Å². The lowest BCUT2D eigenvalue weighted by Crippen LogP contribution is -2.39. The van der Waals surface area contributed by atoms with E-state index in [1.54, 1.807) is 17.0 Å². The minimum Gasteiger partial charge on any atom is -0.340 e. The molecule has 1 fully saturated rings. The SMILES string of the molecule is CN(CC1CCCN1C)C(=O)c1cc(Cl)ccc1Br. The third-order valence-corrected chi connectivity index (χ3v) is 4.59. The average molecular weight is 346 g/mol. The zero-order valence-electron chi connectivity index (χ0n) is 11.2. The predicted molar refractivity (Wildman–Crippen MR) is 81.8 cm³/mol. The van der Waals surface area contributed by atoms with Crippen LogP contribution in [-0.2, 0) is 0 Å². The molecule has 2 rings (SSSR count). The van der Waals surface area contributed by atoms with Crippen LogP contribution in [-0.4, -0.2) is 48.9 Å². The lowest BCUT2D eigenvalue weighted by molar-refractivity contribution is 0.0760. The van der Waals surface area contributed by atoms with Gasteiger partial charge >= 0.3 is 0 Å². The fourth-order valence-corrected chi connectivity index (χ4v) is 3.06. The number of hydrogen-bond acceptors (Lipinski definition) is 2. The molecule has 3 nitrogen and oxygen atoms in total. The standard InChI is InChI=1S/C14H18BrClN2O/c1-17-7-3-4-11(17)9-18(2)14(19)12-8-10(16)5-6-13(12)15/h5-6,8,11H,3-4,7,9H2,1-2H3. The van der Waals surface area contributed by atoms with Crippen LogP contribution in [0, 0.1) is 0 Å². The van der Waals surface area contributed by atoms with Crippen molar-refractivity contribution in [2.45, 2.75) is 18.9 Å². The van der Waals surface area contributed by atoms with Crippen molar-refractivity contribution in [3.8, 4) is 0 Å². The fourth-order valence-electron chi connectivity index (χ4n) is 2.48. The van der Waals surface area contributed by atoms with Crippen LogP contribution in [0.2, 0.25) is 5.02 Å². The Morgan fingerprint density at radius 2 is 2.32 bits per heavy atom. The van der Waals surface area contributed by atoms with Gasteiger partial charge in [-0.3, -0.25) is 4.79 Å². The monoisotopic (exact) mass is 344 g/mol. The van der Waals surface area contributed by atoms with Crippen LogP contribution < -0.4 is 0 Å². The largest absolute Gasteiger partial charge is 0.340 e. The molecule has 1 heterocycles. The molecule has 0 bridgehead atoms. The number of benzene rings is 1. The predicted octanol–water partition coefficient (Wildman–Crippen LogP) is 3.27. The molecular formula is C14H18BrClN2O. The van der Waals surface area contributed by atoms with Gasteiger partial charge in [-0.1, -0.05) is 11.6 Å². The Balaban J connectivity index is 2.08. The van der Waals surface area contributed by atoms with Gasteiger partial charge < -0.3 is 9.80 Å². The quantitative estimate of drug-likeness (QED) is 0.839. The summed E-state index contributed by atoms with van der Waals surface area (Å²) in [5.74, 6) is 0.00896. The van der Waals surface area contributed by atoms with Gasteiger partial charge in [0.1, 0.15) is 0 Å². The molecule has 1 saturated heterocycles. The topological polar surface area (TPSA) is 23.6 Å². The minimum absolute atomic E-state index is 0.00896. The number of carbonyl (C=O) groups excluding carboxylic acids is 1. The first-order chi connectivity index (χ1) is 8.99. The van der Waals surface area contributed by atoms with E-state index in [4.69, 9.17) is 11.6 Å². The molecule has 5 heteroatoms. The number of halogens is 2. The molecule has 0 radical (unpaired) electrons. The molecule has 1 unspecified atom stereocenters. The second-order valence-electron chi connectivity index (χ2n) is 5.09. The number of amides is 1. The smallest absolute Gasteiger partial charge is 0.254 e. The summed E-state index contributed by atoms with van der Waals surface area (Å²) in [5, 5.41) is 0.581. The molecule has 0 spiro atoms. The van der Waals surface area contributed by atoms with Crippen LogP contribution in [0.25, 0.3) is 0 Å². The van der Waals surface area contributed by atoms with Crippen LogP contribution >= 0.6 is 27.5 Å². The number of carbonyl (C=O) groups is 1. The van der Waals surface area contributed by atoms with Crippen molar-refractivity contribution in [1.82, 2.24) is 9.80 Å². The van der Waals surface area contributed by atoms with Crippen LogP contribution in [0.1, 0.15) is 23.2 Å². The Bertz CT molecular complexity index is 481. The molecule has 1 aromatic rings. The highest BCUT2D eigenvalue weighted by molar-refractivity contribution is 9.10. The lowest BCUT2D eigenvalue weighted by Gasteiger charge is -2.26. The molecule has 1 amide bonds. The van der Waals surface area contributed by atoms with Crippen molar-refractivity contribution < 1.29 is 4.79 Å². The summed E-state index contributed by atoms with van der Waals surface area (Å²) in [4.78, 5) is 16.5. The Morgan fingerprint density at radius 1 is 1.58 bits per heavy atom. The summed E-state index contributed by atoms with van der Waals surface area (Å²) < 4.78 is 0.786. The van der Waals surface area contributed by atoms with Crippen molar-refractivity contribution in [3.05, 3.63) is 33.3 Å². The number of rotatable bonds is 3. The highest BCUT2D eigenvalue weighted by Gasteiger charge is 2.25. The number of hydrogen-bond donors (Lipinski definition) is 0. The van der Waals surface area contributed by atoms with Gasteiger partial charge in [-0.05, 0) is 60.6 Å². The molecule has 19 heavy (non-hydrogen) atoms. The maximum absolute atomic E-state index is 12.4. The van der Waals surface area contributed by atoms with Gasteiger partial charge in [-0.15, -0.1) is 0 Å². The highest BCUT2D eigenvalue weighted by Crippen LogP contribution is 2.23. The van der Waals surface area contributed by atoms with Gasteiger partial charge in [-0.2, -0.15) is 0 Å². The van der Waals surface area contributed by atoms with Crippen LogP contribution in [0.4, 0.5) is 0 Å². The molecule has 0 saturated carbocycles. The van der Waals surface area contributed by atoms with E-state index in [1.807, 2.05) is 13.1 Å². The van der Waals surface area contributed by atoms with Gasteiger partial charge in [0.15, 0.2) is 0 Å². The third-order valence-electron chi connectivity index (χ3n) is 3.66. The zero-order chi connectivity index (χ0) is 14.0. The first-order valence-corrected chi connectivity index (χ1v) is 7.57. The third kappa shape index (κ3) is 3.50. The van der Waals surface area contributed by atoms with Gasteiger partial charge in [0.2, 0.25) is 0 Å². The van der Waals surface area contributed by atoms with Crippen LogP contribution in [0.15, 0.2) is 22.7 Å². The summed E-state index contributed by atoms with van der Waals surface area (Å²) >= 11 is 9.37. The molecular weight excluding hydrogens is 328 g/mol. The van der Waals surface area contributed by atoms with Crippen molar-refractivity contribution in [2.75, 3.05) is 27.2 Å². The molecule has 0 N–H and O–H groups in total. The van der Waals surface area contributed by atoms with Crippen molar-refractivity contribution in [1.29, 1.82) is 0 Å². The second kappa shape index (κ2) is 6.25. The van der Waals surface area contributed by atoms with Gasteiger partial charge in [0.05, 0.1) is 5.56 Å². The average Bonchev–Trinajstić information content (AvgIpc) is 2.77. The first-order valence-electron chi connectivity index (χ1n) is 6.40. The second-order valence-corrected chi connectivity index (χ2v) is 6.38. The van der Waals surface area contributed by atoms with E-state index in [9.17, 15) is 4.79 Å². The Labute approximate surface area is 127 Å². The number of likely N-dealkylation sites (tertiary alicyclic amines) is 1. The molecule has 1 aromatic carbocycles. The molecule has 104 valence electrons. The number of likely N-dealkylation sites (N-methyl/N-ethyl adjacent to an activating group) is 2. The Kier molecular flexibility index (Phi) is 4.87. The van der Waals surface area contributed by atoms with Crippen molar-refractivity contribution in [3.63, 3.8) is 0 Å². The summed E-state index contributed by atoms with van der Waals surface area (Å²) in [6.45, 7) is 1.88. The molecule has 1 atom stereocenters. The minimum atomic E-state index is 0.00896.